The van der Waals surface area contributed by atoms with Gasteiger partial charge in [-0.1, -0.05) is 164 Å². The molecule has 0 unspecified atom stereocenters. The molecule has 0 radical (unpaired) electrons. The summed E-state index contributed by atoms with van der Waals surface area (Å²) in [5.74, 6) is 0. The van der Waals surface area contributed by atoms with Gasteiger partial charge in [-0.15, -0.1) is 0 Å². The summed E-state index contributed by atoms with van der Waals surface area (Å²) in [6, 6.07) is 79.3. The summed E-state index contributed by atoms with van der Waals surface area (Å²) >= 11 is 0. The van der Waals surface area contributed by atoms with Gasteiger partial charge in [0.15, 0.2) is 0 Å². The molecule has 0 aliphatic rings. The third-order valence-corrected chi connectivity index (χ3v) is 11.4. The maximum Gasteiger partial charge on any atom is 0.0548 e. The Morgan fingerprint density at radius 2 is 0.786 bits per heavy atom. The fourth-order valence-electron chi connectivity index (χ4n) is 8.71. The number of hydrogen-bond acceptors (Lipinski definition) is 1. The van der Waals surface area contributed by atoms with Gasteiger partial charge in [0.1, 0.15) is 0 Å². The normalized spacial score (nSPS) is 11.6. The van der Waals surface area contributed by atoms with Gasteiger partial charge in [-0.25, -0.2) is 0 Å². The molecule has 0 N–H and O–H groups in total. The molecule has 1 heterocycles. The van der Waals surface area contributed by atoms with Gasteiger partial charge in [0, 0.05) is 33.2 Å². The average molecular weight is 713 g/mol. The van der Waals surface area contributed by atoms with E-state index in [-0.39, 0.29) is 0 Å². The number of hydrogen-bond donors (Lipinski definition) is 0. The van der Waals surface area contributed by atoms with E-state index in [2.05, 4.69) is 228 Å². The summed E-state index contributed by atoms with van der Waals surface area (Å²) in [7, 11) is 0. The number of nitrogens with zero attached hydrogens (tertiary/aromatic N) is 2. The van der Waals surface area contributed by atoms with Crippen LogP contribution in [0.3, 0.4) is 0 Å². The first-order chi connectivity index (χ1) is 27.8. The lowest BCUT2D eigenvalue weighted by molar-refractivity contribution is 1.20. The molecule has 11 rings (SSSR count). The molecule has 2 nitrogen and oxygen atoms in total. The number of rotatable bonds is 7. The van der Waals surface area contributed by atoms with Gasteiger partial charge >= 0.3 is 0 Å². The molecule has 0 amide bonds. The summed E-state index contributed by atoms with van der Waals surface area (Å²) in [6.45, 7) is 0. The predicted molar refractivity (Wildman–Crippen MR) is 238 cm³/mol. The third-order valence-electron chi connectivity index (χ3n) is 11.4. The molecule has 2 heteroatoms. The van der Waals surface area contributed by atoms with E-state index >= 15 is 0 Å². The lowest BCUT2D eigenvalue weighted by Gasteiger charge is -2.26. The van der Waals surface area contributed by atoms with Crippen LogP contribution in [0.4, 0.5) is 17.1 Å². The van der Waals surface area contributed by atoms with Gasteiger partial charge < -0.3 is 9.47 Å². The molecule has 0 spiro atoms. The molecule has 262 valence electrons. The molecular weight excluding hydrogens is 677 g/mol. The van der Waals surface area contributed by atoms with Gasteiger partial charge in [-0.3, -0.25) is 0 Å². The lowest BCUT2D eigenvalue weighted by atomic mass is 9.94. The lowest BCUT2D eigenvalue weighted by Crippen LogP contribution is -2.09. The molecule has 11 aromatic rings. The summed E-state index contributed by atoms with van der Waals surface area (Å²) in [6.07, 6.45) is 0. The molecule has 56 heavy (non-hydrogen) atoms. The van der Waals surface area contributed by atoms with Crippen LogP contribution in [0.15, 0.2) is 218 Å². The molecule has 0 saturated heterocycles. The first-order valence-electron chi connectivity index (χ1n) is 19.3. The van der Waals surface area contributed by atoms with E-state index < -0.39 is 0 Å². The monoisotopic (exact) mass is 712 g/mol. The molecule has 0 aliphatic heterocycles. The van der Waals surface area contributed by atoms with Crippen molar-refractivity contribution in [3.05, 3.63) is 218 Å². The smallest absolute Gasteiger partial charge is 0.0548 e. The Bertz CT molecular complexity index is 3050. The van der Waals surface area contributed by atoms with Crippen molar-refractivity contribution in [1.29, 1.82) is 0 Å². The molecule has 0 saturated carbocycles. The van der Waals surface area contributed by atoms with Crippen molar-refractivity contribution in [1.82, 2.24) is 4.57 Å². The zero-order chi connectivity index (χ0) is 37.0. The highest BCUT2D eigenvalue weighted by atomic mass is 15.1. The number of anilines is 3. The summed E-state index contributed by atoms with van der Waals surface area (Å²) in [5, 5.41) is 7.65. The quantitative estimate of drug-likeness (QED) is 0.149. The van der Waals surface area contributed by atoms with Crippen LogP contribution < -0.4 is 4.90 Å². The highest BCUT2D eigenvalue weighted by Gasteiger charge is 2.20. The topological polar surface area (TPSA) is 8.17 Å². The van der Waals surface area contributed by atoms with E-state index in [9.17, 15) is 0 Å². The minimum Gasteiger partial charge on any atom is -0.311 e. The van der Waals surface area contributed by atoms with Crippen molar-refractivity contribution in [3.8, 4) is 39.1 Å². The summed E-state index contributed by atoms with van der Waals surface area (Å²) < 4.78 is 2.46. The van der Waals surface area contributed by atoms with Crippen LogP contribution in [0.5, 0.6) is 0 Å². The fraction of sp³-hybridized carbons (Fsp3) is 0. The Morgan fingerprint density at radius 1 is 0.286 bits per heavy atom. The molecule has 10 aromatic carbocycles. The summed E-state index contributed by atoms with van der Waals surface area (Å²) in [5.41, 5.74) is 14.2. The van der Waals surface area contributed by atoms with E-state index in [1.807, 2.05) is 0 Å². The number of aromatic nitrogens is 1. The molecule has 0 fully saturated rings. The highest BCUT2D eigenvalue weighted by molar-refractivity contribution is 6.27. The Labute approximate surface area is 326 Å². The highest BCUT2D eigenvalue weighted by Crippen LogP contribution is 2.44. The van der Waals surface area contributed by atoms with Crippen molar-refractivity contribution in [3.63, 3.8) is 0 Å². The standard InChI is InChI=1S/C54H36N2/c1-3-11-37(12-4-1)39-21-28-44(29-22-39)55(45-30-23-40(24-31-45)38-13-5-2-6-14-38)46-32-25-42(26-33-46)47-35-36-52-54-49(47)34-27-43-17-10-20-51(53(43)54)56(52)50-19-9-16-41-15-7-8-18-48(41)50/h1-36H. The van der Waals surface area contributed by atoms with E-state index in [0.29, 0.717) is 0 Å². The first kappa shape index (κ1) is 32.0. The molecule has 0 bridgehead atoms. The zero-order valence-electron chi connectivity index (χ0n) is 30.7. The van der Waals surface area contributed by atoms with Crippen LogP contribution in [0, 0.1) is 0 Å². The van der Waals surface area contributed by atoms with Gasteiger partial charge in [0.05, 0.1) is 16.7 Å². The SMILES string of the molecule is c1ccc(-c2ccc(N(c3ccc(-c4ccccc4)cc3)c3ccc(-c4ccc5c6c4ccc4cccc(c46)n5-c4cccc5ccccc45)cc3)cc2)cc1. The molecular formula is C54H36N2. The van der Waals surface area contributed by atoms with Gasteiger partial charge in [-0.05, 0) is 104 Å². The fourth-order valence-corrected chi connectivity index (χ4v) is 8.71. The zero-order valence-corrected chi connectivity index (χ0v) is 30.7. The Balaban J connectivity index is 1.02. The average Bonchev–Trinajstić information content (AvgIpc) is 3.62. The third kappa shape index (κ3) is 5.26. The molecule has 0 atom stereocenters. The van der Waals surface area contributed by atoms with Crippen LogP contribution in [-0.2, 0) is 0 Å². The predicted octanol–water partition coefficient (Wildman–Crippen LogP) is 15.0. The minimum absolute atomic E-state index is 1.11. The van der Waals surface area contributed by atoms with E-state index in [4.69, 9.17) is 0 Å². The Hall–Kier alpha value is -7.42. The van der Waals surface area contributed by atoms with Crippen molar-refractivity contribution in [2.45, 2.75) is 0 Å². The summed E-state index contributed by atoms with van der Waals surface area (Å²) in [4.78, 5) is 2.35. The maximum atomic E-state index is 2.46. The van der Waals surface area contributed by atoms with Gasteiger partial charge in [0.25, 0.3) is 0 Å². The molecule has 1 aromatic heterocycles. The van der Waals surface area contributed by atoms with Crippen LogP contribution in [0.1, 0.15) is 0 Å². The van der Waals surface area contributed by atoms with Crippen molar-refractivity contribution < 1.29 is 0 Å². The van der Waals surface area contributed by atoms with Crippen molar-refractivity contribution in [2.75, 3.05) is 4.90 Å². The van der Waals surface area contributed by atoms with Crippen molar-refractivity contribution >= 4 is 60.4 Å². The van der Waals surface area contributed by atoms with Gasteiger partial charge in [0.2, 0.25) is 0 Å². The first-order valence-corrected chi connectivity index (χ1v) is 19.3. The van der Waals surface area contributed by atoms with E-state index in [0.717, 1.165) is 17.1 Å². The van der Waals surface area contributed by atoms with E-state index in [1.54, 1.807) is 0 Å². The second-order valence-electron chi connectivity index (χ2n) is 14.5. The Morgan fingerprint density at radius 3 is 1.43 bits per heavy atom. The number of benzene rings is 10. The second-order valence-corrected chi connectivity index (χ2v) is 14.5. The molecule has 0 aliphatic carbocycles. The largest absolute Gasteiger partial charge is 0.311 e. The van der Waals surface area contributed by atoms with Crippen LogP contribution in [-0.4, -0.2) is 4.57 Å². The van der Waals surface area contributed by atoms with Crippen molar-refractivity contribution in [2.24, 2.45) is 0 Å². The van der Waals surface area contributed by atoms with E-state index in [1.165, 1.54) is 82.4 Å². The number of fused-ring (bicyclic) bond motifs is 1. The van der Waals surface area contributed by atoms with Crippen LogP contribution in [0.2, 0.25) is 0 Å². The second kappa shape index (κ2) is 13.2. The Kier molecular flexibility index (Phi) is 7.53. The van der Waals surface area contributed by atoms with Gasteiger partial charge in [-0.2, -0.15) is 0 Å². The minimum atomic E-state index is 1.11. The maximum absolute atomic E-state index is 2.46. The van der Waals surface area contributed by atoms with Crippen LogP contribution in [0.25, 0.3) is 82.4 Å². The van der Waals surface area contributed by atoms with Crippen LogP contribution >= 0.6 is 0 Å².